The van der Waals surface area contributed by atoms with E-state index in [2.05, 4.69) is 211 Å². The van der Waals surface area contributed by atoms with Crippen LogP contribution in [0.5, 0.6) is 0 Å². The van der Waals surface area contributed by atoms with Crippen molar-refractivity contribution in [3.63, 3.8) is 0 Å². The maximum absolute atomic E-state index is 4.50. The smallest absolute Gasteiger partial charge is 0.0346 e. The molecule has 0 saturated heterocycles. The maximum atomic E-state index is 4.50. The lowest BCUT2D eigenvalue weighted by Crippen LogP contribution is -1.94. The van der Waals surface area contributed by atoms with Crippen LogP contribution in [0, 0.1) is 0 Å². The summed E-state index contributed by atoms with van der Waals surface area (Å²) in [7, 11) is 0. The molecular weight excluding hydrogens is 675 g/mol. The molecule has 0 atom stereocenters. The first-order chi connectivity index (χ1) is 27.8. The Balaban J connectivity index is 1.32. The summed E-state index contributed by atoms with van der Waals surface area (Å²) in [5.41, 5.74) is 16.6. The SMILES string of the molecule is c1ccc(-c2cc(-c3ccccc3)cc(-c3c4ccccc4c(-c4cc(-c5ccccc5)cc(-c5ccccc5)c4)c4cc(-c5cccnc5)ccc34)c2)cc1. The van der Waals surface area contributed by atoms with E-state index in [4.69, 9.17) is 0 Å². The monoisotopic (exact) mass is 711 g/mol. The number of aromatic nitrogens is 1. The third kappa shape index (κ3) is 6.26. The highest BCUT2D eigenvalue weighted by Crippen LogP contribution is 2.47. The van der Waals surface area contributed by atoms with Gasteiger partial charge in [-0.1, -0.05) is 164 Å². The van der Waals surface area contributed by atoms with Crippen molar-refractivity contribution in [2.75, 3.05) is 0 Å². The summed E-state index contributed by atoms with van der Waals surface area (Å²) in [6.45, 7) is 0. The Morgan fingerprint density at radius 1 is 0.214 bits per heavy atom. The number of pyridine rings is 1. The van der Waals surface area contributed by atoms with Crippen LogP contribution in [0.15, 0.2) is 225 Å². The lowest BCUT2D eigenvalue weighted by atomic mass is 9.82. The molecule has 0 spiro atoms. The van der Waals surface area contributed by atoms with Gasteiger partial charge < -0.3 is 0 Å². The number of hydrogen-bond donors (Lipinski definition) is 0. The van der Waals surface area contributed by atoms with Crippen molar-refractivity contribution in [2.45, 2.75) is 0 Å². The third-order valence-electron chi connectivity index (χ3n) is 10.9. The van der Waals surface area contributed by atoms with Crippen LogP contribution in [0.3, 0.4) is 0 Å². The molecule has 1 aromatic heterocycles. The van der Waals surface area contributed by atoms with Crippen molar-refractivity contribution >= 4 is 21.5 Å². The van der Waals surface area contributed by atoms with Gasteiger partial charge in [-0.3, -0.25) is 4.98 Å². The van der Waals surface area contributed by atoms with Crippen LogP contribution in [0.4, 0.5) is 0 Å². The van der Waals surface area contributed by atoms with E-state index in [0.29, 0.717) is 0 Å². The first-order valence-electron chi connectivity index (χ1n) is 19.2. The highest BCUT2D eigenvalue weighted by Gasteiger charge is 2.20. The average molecular weight is 712 g/mol. The number of benzene rings is 9. The van der Waals surface area contributed by atoms with Gasteiger partial charge in [0.25, 0.3) is 0 Å². The second-order valence-electron chi connectivity index (χ2n) is 14.4. The highest BCUT2D eigenvalue weighted by atomic mass is 14.6. The number of nitrogens with zero attached hydrogens (tertiary/aromatic N) is 1. The topological polar surface area (TPSA) is 12.9 Å². The summed E-state index contributed by atoms with van der Waals surface area (Å²) in [6, 6.07) is 77.2. The predicted octanol–water partition coefficient (Wildman–Crippen LogP) is 15.1. The summed E-state index contributed by atoms with van der Waals surface area (Å²) in [6.07, 6.45) is 3.80. The second kappa shape index (κ2) is 14.5. The fraction of sp³-hybridized carbons (Fsp3) is 0. The van der Waals surface area contributed by atoms with Crippen molar-refractivity contribution in [3.05, 3.63) is 225 Å². The van der Waals surface area contributed by atoms with Gasteiger partial charge in [0.15, 0.2) is 0 Å². The quantitative estimate of drug-likeness (QED) is 0.150. The minimum atomic E-state index is 1.09. The summed E-state index contributed by atoms with van der Waals surface area (Å²) in [5.74, 6) is 0. The van der Waals surface area contributed by atoms with Crippen LogP contribution >= 0.6 is 0 Å². The highest BCUT2D eigenvalue weighted by molar-refractivity contribution is 6.22. The van der Waals surface area contributed by atoms with Crippen LogP contribution in [-0.4, -0.2) is 4.98 Å². The Labute approximate surface area is 327 Å². The second-order valence-corrected chi connectivity index (χ2v) is 14.4. The molecule has 0 aliphatic carbocycles. The first-order valence-corrected chi connectivity index (χ1v) is 19.2. The zero-order chi connectivity index (χ0) is 37.3. The van der Waals surface area contributed by atoms with Crippen molar-refractivity contribution in [1.82, 2.24) is 4.98 Å². The van der Waals surface area contributed by atoms with Gasteiger partial charge in [-0.25, -0.2) is 0 Å². The van der Waals surface area contributed by atoms with E-state index in [1.54, 1.807) is 0 Å². The molecule has 1 heteroatoms. The number of fused-ring (bicyclic) bond motifs is 2. The molecule has 262 valence electrons. The molecule has 0 amide bonds. The maximum Gasteiger partial charge on any atom is 0.0346 e. The molecule has 56 heavy (non-hydrogen) atoms. The fourth-order valence-corrected chi connectivity index (χ4v) is 8.25. The van der Waals surface area contributed by atoms with Crippen LogP contribution in [-0.2, 0) is 0 Å². The molecule has 0 bridgehead atoms. The minimum Gasteiger partial charge on any atom is -0.264 e. The van der Waals surface area contributed by atoms with E-state index in [1.165, 1.54) is 88.3 Å². The van der Waals surface area contributed by atoms with E-state index < -0.39 is 0 Å². The van der Waals surface area contributed by atoms with Crippen molar-refractivity contribution in [1.29, 1.82) is 0 Å². The van der Waals surface area contributed by atoms with E-state index in [0.717, 1.165) is 11.1 Å². The normalized spacial score (nSPS) is 11.2. The Kier molecular flexibility index (Phi) is 8.59. The standard InChI is InChI=1S/C55H37N/c1-5-16-38(17-6-1)44-30-45(39-18-7-2-8-19-39)33-48(32-44)54-50-25-13-14-26-51(50)55(53-36-42(27-28-52(53)54)43-24-15-29-56-37-43)49-34-46(40-20-9-3-10-21-40)31-47(35-49)41-22-11-4-12-23-41/h1-37H. The molecule has 1 heterocycles. The number of hydrogen-bond acceptors (Lipinski definition) is 1. The molecule has 9 aromatic carbocycles. The Hall–Kier alpha value is -7.35. The molecular formula is C55H37N. The summed E-state index contributed by atoms with van der Waals surface area (Å²) in [4.78, 5) is 4.50. The lowest BCUT2D eigenvalue weighted by molar-refractivity contribution is 1.33. The van der Waals surface area contributed by atoms with E-state index in [-0.39, 0.29) is 0 Å². The molecule has 0 aliphatic rings. The molecule has 0 aliphatic heterocycles. The summed E-state index contributed by atoms with van der Waals surface area (Å²) < 4.78 is 0. The molecule has 0 radical (unpaired) electrons. The average Bonchev–Trinajstić information content (AvgIpc) is 3.29. The van der Waals surface area contributed by atoms with Crippen molar-refractivity contribution in [2.24, 2.45) is 0 Å². The van der Waals surface area contributed by atoms with Gasteiger partial charge in [0.2, 0.25) is 0 Å². The zero-order valence-electron chi connectivity index (χ0n) is 30.8. The Morgan fingerprint density at radius 3 is 0.982 bits per heavy atom. The zero-order valence-corrected chi connectivity index (χ0v) is 30.8. The van der Waals surface area contributed by atoms with Crippen LogP contribution in [0.2, 0.25) is 0 Å². The predicted molar refractivity (Wildman–Crippen MR) is 237 cm³/mol. The molecule has 0 fully saturated rings. The van der Waals surface area contributed by atoms with Crippen molar-refractivity contribution in [3.8, 4) is 77.9 Å². The van der Waals surface area contributed by atoms with E-state index >= 15 is 0 Å². The van der Waals surface area contributed by atoms with Gasteiger partial charge in [-0.2, -0.15) is 0 Å². The lowest BCUT2D eigenvalue weighted by Gasteiger charge is -2.21. The summed E-state index contributed by atoms with van der Waals surface area (Å²) in [5, 5.41) is 4.85. The molecule has 10 aromatic rings. The van der Waals surface area contributed by atoms with Gasteiger partial charge in [-0.05, 0) is 142 Å². The van der Waals surface area contributed by atoms with Gasteiger partial charge >= 0.3 is 0 Å². The van der Waals surface area contributed by atoms with Gasteiger partial charge in [0.1, 0.15) is 0 Å². The molecule has 1 nitrogen and oxygen atoms in total. The minimum absolute atomic E-state index is 1.09. The van der Waals surface area contributed by atoms with Gasteiger partial charge in [0.05, 0.1) is 0 Å². The largest absolute Gasteiger partial charge is 0.264 e. The summed E-state index contributed by atoms with van der Waals surface area (Å²) >= 11 is 0. The first kappa shape index (κ1) is 33.2. The number of rotatable bonds is 7. The van der Waals surface area contributed by atoms with Gasteiger partial charge in [-0.15, -0.1) is 0 Å². The van der Waals surface area contributed by atoms with E-state index in [9.17, 15) is 0 Å². The van der Waals surface area contributed by atoms with Gasteiger partial charge in [0, 0.05) is 18.0 Å². The Morgan fingerprint density at radius 2 is 0.571 bits per heavy atom. The Bertz CT molecular complexity index is 2860. The van der Waals surface area contributed by atoms with Crippen LogP contribution < -0.4 is 0 Å². The third-order valence-corrected chi connectivity index (χ3v) is 10.9. The molecule has 0 N–H and O–H groups in total. The van der Waals surface area contributed by atoms with E-state index in [1.807, 2.05) is 18.5 Å². The fourth-order valence-electron chi connectivity index (χ4n) is 8.25. The van der Waals surface area contributed by atoms with Crippen LogP contribution in [0.25, 0.3) is 99.4 Å². The van der Waals surface area contributed by atoms with Crippen LogP contribution in [0.1, 0.15) is 0 Å². The molecule has 10 rings (SSSR count). The molecule has 0 unspecified atom stereocenters. The molecule has 0 saturated carbocycles. The van der Waals surface area contributed by atoms with Crippen molar-refractivity contribution < 1.29 is 0 Å².